The Morgan fingerprint density at radius 3 is 2.14 bits per heavy atom. The second-order valence-electron chi connectivity index (χ2n) is 6.07. The number of hydrogen-bond acceptors (Lipinski definition) is 4. The first-order valence-corrected chi connectivity index (χ1v) is 8.41. The molecule has 0 amide bonds. The van der Waals surface area contributed by atoms with Crippen molar-refractivity contribution in [3.63, 3.8) is 0 Å². The van der Waals surface area contributed by atoms with Crippen LogP contribution in [0.5, 0.6) is 5.75 Å². The second kappa shape index (κ2) is 10.5. The summed E-state index contributed by atoms with van der Waals surface area (Å²) in [7, 11) is 0. The maximum atomic E-state index is 12.8. The van der Waals surface area contributed by atoms with E-state index in [0.717, 1.165) is 38.5 Å². The van der Waals surface area contributed by atoms with Gasteiger partial charge in [-0.15, -0.1) is 0 Å². The molecule has 2 N–H and O–H groups in total. The van der Waals surface area contributed by atoms with E-state index in [4.69, 9.17) is 14.6 Å². The van der Waals surface area contributed by atoms with E-state index < -0.39 is 23.9 Å². The van der Waals surface area contributed by atoms with E-state index >= 15 is 0 Å². The maximum Gasteiger partial charge on any atom is 0.490 e. The summed E-state index contributed by atoms with van der Waals surface area (Å²) in [5, 5.41) is 16.5. The lowest BCUT2D eigenvalue weighted by atomic mass is 10.1. The zero-order valence-electron chi connectivity index (χ0n) is 14.8. The number of benzene rings is 1. The number of aliphatic hydroxyl groups excluding tert-OH is 1. The number of aliphatic carboxylic acids is 1. The summed E-state index contributed by atoms with van der Waals surface area (Å²) in [6.45, 7) is 2.70. The van der Waals surface area contributed by atoms with Gasteiger partial charge in [0.25, 0.3) is 0 Å². The number of hydrogen-bond donors (Lipinski definition) is 2. The van der Waals surface area contributed by atoms with Gasteiger partial charge in [0.05, 0.1) is 18.3 Å². The van der Waals surface area contributed by atoms with Gasteiger partial charge in [-0.1, -0.05) is 12.1 Å². The number of para-hydroxylation sites is 1. The lowest BCUT2D eigenvalue weighted by molar-refractivity contribution is -0.192. The number of alkyl halides is 6. The molecule has 160 valence electrons. The first kappa shape index (κ1) is 24.0. The number of likely N-dealkylation sites (tertiary alicyclic amines) is 1. The summed E-state index contributed by atoms with van der Waals surface area (Å²) >= 11 is 0. The molecule has 0 bridgehead atoms. The molecule has 0 aromatic heterocycles. The lowest BCUT2D eigenvalue weighted by Gasteiger charge is -2.29. The summed E-state index contributed by atoms with van der Waals surface area (Å²) in [5.74, 6) is -2.87. The number of rotatable bonds is 5. The molecule has 11 heteroatoms. The van der Waals surface area contributed by atoms with Crippen molar-refractivity contribution in [2.75, 3.05) is 26.2 Å². The Hall–Kier alpha value is -2.01. The van der Waals surface area contributed by atoms with Gasteiger partial charge < -0.3 is 19.8 Å². The molecule has 5 nitrogen and oxygen atoms in total. The Kier molecular flexibility index (Phi) is 9.02. The minimum absolute atomic E-state index is 0.112. The highest BCUT2D eigenvalue weighted by molar-refractivity contribution is 5.73. The Bertz CT molecular complexity index is 612. The van der Waals surface area contributed by atoms with Crippen molar-refractivity contribution in [3.8, 4) is 5.75 Å². The zero-order valence-corrected chi connectivity index (χ0v) is 14.8. The topological polar surface area (TPSA) is 70.0 Å². The highest BCUT2D eigenvalue weighted by Crippen LogP contribution is 2.35. The predicted octanol–water partition coefficient (Wildman–Crippen LogP) is 3.56. The maximum absolute atomic E-state index is 12.8. The third-order valence-corrected chi connectivity index (χ3v) is 3.87. The number of nitrogens with zero attached hydrogens (tertiary/aromatic N) is 1. The van der Waals surface area contributed by atoms with E-state index in [1.54, 1.807) is 0 Å². The van der Waals surface area contributed by atoms with E-state index in [-0.39, 0.29) is 18.5 Å². The molecule has 1 aromatic carbocycles. The van der Waals surface area contributed by atoms with E-state index in [2.05, 4.69) is 4.90 Å². The molecule has 1 aliphatic heterocycles. The van der Waals surface area contributed by atoms with E-state index in [0.29, 0.717) is 6.42 Å². The number of carboxylic acids is 1. The molecule has 0 atom stereocenters. The van der Waals surface area contributed by atoms with Gasteiger partial charge in [0.15, 0.2) is 0 Å². The SMILES string of the molecule is O=C(O)C(F)(F)F.OC1CCN(CCCOc2ccccc2C(F)(F)F)CC1. The molecular formula is C17H21F6NO4. The van der Waals surface area contributed by atoms with Crippen LogP contribution in [-0.2, 0) is 11.0 Å². The summed E-state index contributed by atoms with van der Waals surface area (Å²) in [6, 6.07) is 5.27. The number of piperidine rings is 1. The van der Waals surface area contributed by atoms with Crippen LogP contribution in [0.2, 0.25) is 0 Å². The fourth-order valence-electron chi connectivity index (χ4n) is 2.44. The fraction of sp³-hybridized carbons (Fsp3) is 0.588. The third-order valence-electron chi connectivity index (χ3n) is 3.87. The van der Waals surface area contributed by atoms with Crippen molar-refractivity contribution in [1.29, 1.82) is 0 Å². The Balaban J connectivity index is 0.000000480. The van der Waals surface area contributed by atoms with Crippen molar-refractivity contribution in [3.05, 3.63) is 29.8 Å². The number of carbonyl (C=O) groups is 1. The highest BCUT2D eigenvalue weighted by Gasteiger charge is 2.38. The molecule has 2 rings (SSSR count). The van der Waals surface area contributed by atoms with Crippen LogP contribution >= 0.6 is 0 Å². The Labute approximate surface area is 157 Å². The van der Waals surface area contributed by atoms with Crippen LogP contribution in [0, 0.1) is 0 Å². The van der Waals surface area contributed by atoms with Crippen LogP contribution < -0.4 is 4.74 Å². The highest BCUT2D eigenvalue weighted by atomic mass is 19.4. The summed E-state index contributed by atoms with van der Waals surface area (Å²) in [4.78, 5) is 11.1. The molecule has 1 fully saturated rings. The van der Waals surface area contributed by atoms with Crippen LogP contribution in [-0.4, -0.2) is 59.6 Å². The number of carboxylic acid groups (broad SMARTS) is 1. The van der Waals surface area contributed by atoms with E-state index in [1.807, 2.05) is 0 Å². The summed E-state index contributed by atoms with van der Waals surface area (Å²) in [5.41, 5.74) is -0.730. The van der Waals surface area contributed by atoms with Crippen molar-refractivity contribution in [1.82, 2.24) is 4.90 Å². The smallest absolute Gasteiger partial charge is 0.490 e. The predicted molar refractivity (Wildman–Crippen MR) is 86.9 cm³/mol. The normalized spacial score (nSPS) is 16.2. The van der Waals surface area contributed by atoms with Gasteiger partial charge in [-0.3, -0.25) is 0 Å². The molecular weight excluding hydrogens is 396 g/mol. The van der Waals surface area contributed by atoms with Crippen molar-refractivity contribution in [2.45, 2.75) is 37.7 Å². The number of ether oxygens (including phenoxy) is 1. The third kappa shape index (κ3) is 8.79. The van der Waals surface area contributed by atoms with Crippen LogP contribution in [0.25, 0.3) is 0 Å². The average molecular weight is 417 g/mol. The van der Waals surface area contributed by atoms with Gasteiger partial charge in [-0.25, -0.2) is 4.79 Å². The van der Waals surface area contributed by atoms with Gasteiger partial charge in [0.2, 0.25) is 0 Å². The van der Waals surface area contributed by atoms with Crippen molar-refractivity contribution >= 4 is 5.97 Å². The molecule has 1 heterocycles. The quantitative estimate of drug-likeness (QED) is 0.566. The molecule has 0 radical (unpaired) electrons. The monoisotopic (exact) mass is 417 g/mol. The molecule has 0 aliphatic carbocycles. The van der Waals surface area contributed by atoms with Crippen LogP contribution in [0.3, 0.4) is 0 Å². The first-order valence-electron chi connectivity index (χ1n) is 8.41. The lowest BCUT2D eigenvalue weighted by Crippen LogP contribution is -2.36. The minimum Gasteiger partial charge on any atom is -0.493 e. The minimum atomic E-state index is -5.08. The average Bonchev–Trinajstić information content (AvgIpc) is 2.59. The summed E-state index contributed by atoms with van der Waals surface area (Å²) < 4.78 is 75.3. The fourth-order valence-corrected chi connectivity index (χ4v) is 2.44. The Morgan fingerprint density at radius 1 is 1.11 bits per heavy atom. The van der Waals surface area contributed by atoms with Gasteiger partial charge in [-0.2, -0.15) is 26.3 Å². The largest absolute Gasteiger partial charge is 0.493 e. The number of halogens is 6. The zero-order chi connectivity index (χ0) is 21.4. The van der Waals surface area contributed by atoms with E-state index in [1.165, 1.54) is 18.2 Å². The van der Waals surface area contributed by atoms with Crippen LogP contribution in [0.15, 0.2) is 24.3 Å². The van der Waals surface area contributed by atoms with Gasteiger partial charge in [-0.05, 0) is 31.4 Å². The van der Waals surface area contributed by atoms with Crippen LogP contribution in [0.1, 0.15) is 24.8 Å². The molecule has 1 saturated heterocycles. The second-order valence-corrected chi connectivity index (χ2v) is 6.07. The molecule has 0 saturated carbocycles. The molecule has 0 unspecified atom stereocenters. The number of aliphatic hydroxyl groups is 1. The molecule has 1 aliphatic rings. The first-order chi connectivity index (χ1) is 12.9. The van der Waals surface area contributed by atoms with Gasteiger partial charge in [0.1, 0.15) is 5.75 Å². The van der Waals surface area contributed by atoms with Crippen molar-refractivity contribution < 1.29 is 46.1 Å². The van der Waals surface area contributed by atoms with Gasteiger partial charge in [0, 0.05) is 19.6 Å². The van der Waals surface area contributed by atoms with Crippen LogP contribution in [0.4, 0.5) is 26.3 Å². The standard InChI is InChI=1S/C15H20F3NO2.C2HF3O2/c16-15(17,18)13-4-1-2-5-14(13)21-11-3-8-19-9-6-12(20)7-10-19;3-2(4,5)1(6)7/h1-2,4-5,12,20H,3,6-11H2;(H,6,7). The van der Waals surface area contributed by atoms with E-state index in [9.17, 15) is 31.4 Å². The molecule has 0 spiro atoms. The summed E-state index contributed by atoms with van der Waals surface area (Å²) in [6.07, 6.45) is -7.49. The van der Waals surface area contributed by atoms with Gasteiger partial charge >= 0.3 is 18.3 Å². The Morgan fingerprint density at radius 2 is 1.64 bits per heavy atom. The molecule has 28 heavy (non-hydrogen) atoms. The van der Waals surface area contributed by atoms with Crippen molar-refractivity contribution in [2.24, 2.45) is 0 Å². The molecule has 1 aromatic rings.